The van der Waals surface area contributed by atoms with Gasteiger partial charge in [-0.3, -0.25) is 9.59 Å². The highest BCUT2D eigenvalue weighted by molar-refractivity contribution is 5.99. The maximum atomic E-state index is 14.4. The van der Waals surface area contributed by atoms with E-state index in [1.54, 1.807) is 17.9 Å². The highest BCUT2D eigenvalue weighted by Crippen LogP contribution is 2.36. The molecule has 4 N–H and O–H groups in total. The average Bonchev–Trinajstić information content (AvgIpc) is 3.73. The quantitative estimate of drug-likeness (QED) is 0.303. The number of fused-ring (bicyclic) bond motifs is 1. The molecule has 3 unspecified atom stereocenters. The van der Waals surface area contributed by atoms with Crippen molar-refractivity contribution in [3.63, 3.8) is 0 Å². The van der Waals surface area contributed by atoms with E-state index in [9.17, 15) is 28.6 Å². The predicted molar refractivity (Wildman–Crippen MR) is 161 cm³/mol. The minimum Gasteiger partial charge on any atom is -0.439 e. The number of likely N-dealkylation sites (tertiary alicyclic amines) is 1. The van der Waals surface area contributed by atoms with E-state index in [2.05, 4.69) is 10.6 Å². The molecule has 0 saturated carbocycles. The fraction of sp³-hybridized carbons (Fsp3) is 0.500. The minimum atomic E-state index is -1.15. The summed E-state index contributed by atoms with van der Waals surface area (Å²) in [7, 11) is 0. The molecular formula is C32H38F2N4O6. The third kappa shape index (κ3) is 5.91. The molecule has 3 fully saturated rings. The van der Waals surface area contributed by atoms with Crippen molar-refractivity contribution in [1.82, 2.24) is 10.2 Å². The van der Waals surface area contributed by atoms with Crippen molar-refractivity contribution < 1.29 is 32.9 Å². The van der Waals surface area contributed by atoms with E-state index in [1.807, 2.05) is 4.90 Å². The van der Waals surface area contributed by atoms with Crippen molar-refractivity contribution in [1.29, 1.82) is 0 Å². The summed E-state index contributed by atoms with van der Waals surface area (Å²) < 4.78 is 40.2. The average molecular weight is 613 g/mol. The number of aliphatic hydroxyl groups excluding tert-OH is 2. The molecular weight excluding hydrogens is 574 g/mol. The summed E-state index contributed by atoms with van der Waals surface area (Å²) >= 11 is 0. The predicted octanol–water partition coefficient (Wildman–Crippen LogP) is 3.46. The zero-order valence-corrected chi connectivity index (χ0v) is 24.7. The van der Waals surface area contributed by atoms with E-state index < -0.39 is 29.2 Å². The molecule has 4 heterocycles. The van der Waals surface area contributed by atoms with Crippen LogP contribution in [0.3, 0.4) is 0 Å². The second-order valence-corrected chi connectivity index (χ2v) is 11.8. The number of rotatable bonds is 8. The van der Waals surface area contributed by atoms with Crippen LogP contribution in [0, 0.1) is 11.6 Å². The molecule has 3 aliphatic heterocycles. The summed E-state index contributed by atoms with van der Waals surface area (Å²) in [6, 6.07) is 4.89. The van der Waals surface area contributed by atoms with Crippen LogP contribution in [-0.4, -0.2) is 79.1 Å². The number of aliphatic hydroxyl groups is 2. The Morgan fingerprint density at radius 3 is 2.52 bits per heavy atom. The third-order valence-corrected chi connectivity index (χ3v) is 8.92. The first-order valence-electron chi connectivity index (χ1n) is 15.3. The second kappa shape index (κ2) is 12.8. The maximum Gasteiger partial charge on any atom is 0.254 e. The molecule has 2 aromatic carbocycles. The van der Waals surface area contributed by atoms with Gasteiger partial charge in [0.25, 0.3) is 5.91 Å². The number of anilines is 2. The van der Waals surface area contributed by atoms with Crippen molar-refractivity contribution in [2.75, 3.05) is 56.2 Å². The molecule has 3 aliphatic rings. The standard InChI is InChI=1S/C32H38F2N4O6/c1-18(36-22-15-20(33)14-21(34)16-22)24-12-19(31(42)38-7-3-4-23(38)17-39)13-25-28(40)27(29(41)26-5-2-6-35-26)32(44-30(24)25)37-8-10-43-11-9-37/h12-16,18,23,26,29,35-36,39,41H,2-11,17H2,1H3/t18?,23?,26?,29-/m0/s1. The molecule has 1 aromatic heterocycles. The Kier molecular flexibility index (Phi) is 8.86. The molecule has 0 spiro atoms. The Bertz CT molecular complexity index is 1570. The minimum absolute atomic E-state index is 0.119. The van der Waals surface area contributed by atoms with Gasteiger partial charge in [-0.05, 0) is 63.4 Å². The largest absolute Gasteiger partial charge is 0.439 e. The number of halogens is 2. The lowest BCUT2D eigenvalue weighted by atomic mass is 9.95. The molecule has 0 radical (unpaired) electrons. The van der Waals surface area contributed by atoms with E-state index >= 15 is 0 Å². The van der Waals surface area contributed by atoms with Gasteiger partial charge in [0.05, 0.1) is 42.9 Å². The number of nitrogens with zero attached hydrogens (tertiary/aromatic N) is 2. The number of morpholine rings is 1. The Morgan fingerprint density at radius 1 is 1.09 bits per heavy atom. The fourth-order valence-electron chi connectivity index (χ4n) is 6.64. The Balaban J connectivity index is 1.54. The van der Waals surface area contributed by atoms with Gasteiger partial charge >= 0.3 is 0 Å². The van der Waals surface area contributed by atoms with Crippen LogP contribution in [0.1, 0.15) is 66.2 Å². The van der Waals surface area contributed by atoms with Crippen LogP contribution in [0.5, 0.6) is 0 Å². The van der Waals surface area contributed by atoms with Crippen LogP contribution < -0.4 is 21.0 Å². The molecule has 10 nitrogen and oxygen atoms in total. The first-order chi connectivity index (χ1) is 21.2. The van der Waals surface area contributed by atoms with E-state index in [1.165, 1.54) is 6.07 Å². The summed E-state index contributed by atoms with van der Waals surface area (Å²) in [6.07, 6.45) is 1.81. The number of carbonyl (C=O) groups is 1. The van der Waals surface area contributed by atoms with Crippen LogP contribution in [0.15, 0.2) is 39.5 Å². The fourth-order valence-corrected chi connectivity index (χ4v) is 6.64. The van der Waals surface area contributed by atoms with Crippen LogP contribution in [0.25, 0.3) is 11.0 Å². The Hall–Kier alpha value is -3.58. The number of hydrogen-bond donors (Lipinski definition) is 4. The van der Waals surface area contributed by atoms with Gasteiger partial charge in [-0.1, -0.05) is 0 Å². The monoisotopic (exact) mass is 612 g/mol. The molecule has 6 rings (SSSR count). The summed E-state index contributed by atoms with van der Waals surface area (Å²) in [5.41, 5.74) is 0.709. The highest BCUT2D eigenvalue weighted by Gasteiger charge is 2.35. The second-order valence-electron chi connectivity index (χ2n) is 11.8. The first-order valence-corrected chi connectivity index (χ1v) is 15.3. The lowest BCUT2D eigenvalue weighted by Gasteiger charge is -2.31. The van der Waals surface area contributed by atoms with Gasteiger partial charge in [0.2, 0.25) is 11.3 Å². The molecule has 4 atom stereocenters. The maximum absolute atomic E-state index is 14.4. The van der Waals surface area contributed by atoms with Gasteiger partial charge in [0.1, 0.15) is 23.3 Å². The summed E-state index contributed by atoms with van der Waals surface area (Å²) in [5, 5.41) is 27.9. The van der Waals surface area contributed by atoms with E-state index in [-0.39, 0.29) is 58.3 Å². The van der Waals surface area contributed by atoms with Crippen molar-refractivity contribution >= 4 is 28.4 Å². The first kappa shape index (κ1) is 30.4. The van der Waals surface area contributed by atoms with Gasteiger partial charge in [-0.25, -0.2) is 8.78 Å². The van der Waals surface area contributed by atoms with Crippen molar-refractivity contribution in [3.05, 3.63) is 68.9 Å². The summed E-state index contributed by atoms with van der Waals surface area (Å²) in [6.45, 7) is 4.51. The number of hydrogen-bond acceptors (Lipinski definition) is 9. The third-order valence-electron chi connectivity index (χ3n) is 8.92. The summed E-state index contributed by atoms with van der Waals surface area (Å²) in [5.74, 6) is -1.60. The van der Waals surface area contributed by atoms with E-state index in [0.717, 1.165) is 37.6 Å². The number of carbonyl (C=O) groups excluding carboxylic acids is 1. The van der Waals surface area contributed by atoms with Gasteiger partial charge in [0.15, 0.2) is 0 Å². The molecule has 1 amide bonds. The SMILES string of the molecule is CC(Nc1cc(F)cc(F)c1)c1cc(C(=O)N2CCCC2CO)cc2c(=O)c([C@@H](O)C3CCCN3)c(N3CCOCC3)oc12. The molecule has 0 bridgehead atoms. The lowest BCUT2D eigenvalue weighted by molar-refractivity contribution is 0.0677. The van der Waals surface area contributed by atoms with Crippen molar-refractivity contribution in [2.24, 2.45) is 0 Å². The lowest BCUT2D eigenvalue weighted by Crippen LogP contribution is -2.40. The number of benzene rings is 2. The Morgan fingerprint density at radius 2 is 1.84 bits per heavy atom. The van der Waals surface area contributed by atoms with Gasteiger partial charge in [0, 0.05) is 48.6 Å². The molecule has 0 aliphatic carbocycles. The highest BCUT2D eigenvalue weighted by atomic mass is 19.1. The van der Waals surface area contributed by atoms with Crippen LogP contribution in [0.4, 0.5) is 20.4 Å². The number of nitrogens with one attached hydrogen (secondary N) is 2. The molecule has 12 heteroatoms. The van der Waals surface area contributed by atoms with Gasteiger partial charge < -0.3 is 39.8 Å². The number of ether oxygens (including phenoxy) is 1. The number of amides is 1. The smallest absolute Gasteiger partial charge is 0.254 e. The van der Waals surface area contributed by atoms with Crippen molar-refractivity contribution in [2.45, 2.75) is 56.8 Å². The molecule has 236 valence electrons. The molecule has 3 aromatic rings. The molecule has 44 heavy (non-hydrogen) atoms. The normalized spacial score (nSPS) is 22.0. The van der Waals surface area contributed by atoms with Crippen molar-refractivity contribution in [3.8, 4) is 0 Å². The zero-order valence-electron chi connectivity index (χ0n) is 24.7. The molecule has 3 saturated heterocycles. The van der Waals surface area contributed by atoms with Crippen LogP contribution in [0.2, 0.25) is 0 Å². The van der Waals surface area contributed by atoms with Crippen LogP contribution >= 0.6 is 0 Å². The summed E-state index contributed by atoms with van der Waals surface area (Å²) in [4.78, 5) is 31.7. The topological polar surface area (TPSA) is 128 Å². The van der Waals surface area contributed by atoms with Gasteiger partial charge in [-0.15, -0.1) is 0 Å². The van der Waals surface area contributed by atoms with Gasteiger partial charge in [-0.2, -0.15) is 0 Å². The Labute approximate surface area is 253 Å². The van der Waals surface area contributed by atoms with E-state index in [4.69, 9.17) is 9.15 Å². The van der Waals surface area contributed by atoms with E-state index in [0.29, 0.717) is 51.3 Å². The van der Waals surface area contributed by atoms with Crippen LogP contribution in [-0.2, 0) is 4.74 Å². The zero-order chi connectivity index (χ0) is 31.0.